The summed E-state index contributed by atoms with van der Waals surface area (Å²) in [5.74, 6) is 0. The van der Waals surface area contributed by atoms with E-state index < -0.39 is 0 Å². The molecule has 5 rings (SSSR count). The van der Waals surface area contributed by atoms with Crippen LogP contribution >= 0.6 is 32.3 Å². The highest BCUT2D eigenvalue weighted by Crippen LogP contribution is 2.22. The van der Waals surface area contributed by atoms with Crippen LogP contribution in [0.15, 0.2) is 48.5 Å². The molecule has 0 aromatic carbocycles. The van der Waals surface area contributed by atoms with Gasteiger partial charge in [-0.25, -0.2) is 9.97 Å². The summed E-state index contributed by atoms with van der Waals surface area (Å²) in [6.45, 7) is 0. The van der Waals surface area contributed by atoms with Crippen LogP contribution in [0.4, 0.5) is 0 Å². The Morgan fingerprint density at radius 3 is 1.04 bits per heavy atom. The number of halogens is 2. The van der Waals surface area contributed by atoms with Gasteiger partial charge in [0.05, 0.1) is 77.1 Å². The van der Waals surface area contributed by atoms with E-state index >= 15 is 0 Å². The third kappa shape index (κ3) is 2.75. The number of nitrogens with zero attached hydrogens (tertiary/aromatic N) is 4. The maximum Gasteiger partial charge on any atom is 0.0658 e. The van der Waals surface area contributed by atoms with Gasteiger partial charge in [-0.2, -0.15) is 0 Å². The quantitative estimate of drug-likeness (QED) is 0.283. The molecule has 0 saturated carbocycles. The highest BCUT2D eigenvalue weighted by atomic mass is 79.9. The van der Waals surface area contributed by atoms with Crippen LogP contribution in [0.2, 0.25) is 0 Å². The van der Waals surface area contributed by atoms with Gasteiger partial charge in [-0.15, -0.1) is 0 Å². The first-order chi connectivity index (χ1) is 12.7. The van der Waals surface area contributed by atoms with Gasteiger partial charge in [0.1, 0.15) is 0 Å². The van der Waals surface area contributed by atoms with E-state index in [0.29, 0.717) is 0 Å². The molecule has 26 heavy (non-hydrogen) atoms. The number of rotatable bonds is 0. The molecule has 5 heterocycles. The second-order valence-corrected chi connectivity index (χ2v) is 7.51. The molecule has 0 unspecified atom stereocenters. The monoisotopic (exact) mass is 466 g/mol. The lowest BCUT2D eigenvalue weighted by molar-refractivity contribution is 1.30. The first-order valence-electron chi connectivity index (χ1n) is 8.08. The van der Waals surface area contributed by atoms with Crippen LogP contribution in [0, 0.1) is 0 Å². The van der Waals surface area contributed by atoms with Gasteiger partial charge < -0.3 is 0 Å². The minimum absolute atomic E-state index is 0.918. The Labute approximate surface area is 166 Å². The molecule has 0 N–H and O–H groups in total. The molecule has 2 aliphatic rings. The standard InChI is InChI=1S/C20H12Br2N4/c21-25-17-5-6-19(25)11-15-3-4-16(24-15)12-20-8-7-18(26(20)22)10-14-2-1-13(9-17)23-14/h1-12H. The zero-order valence-electron chi connectivity index (χ0n) is 13.5. The van der Waals surface area contributed by atoms with E-state index in [1.54, 1.807) is 0 Å². The van der Waals surface area contributed by atoms with Crippen LogP contribution in [0.1, 0.15) is 22.8 Å². The minimum atomic E-state index is 0.918. The van der Waals surface area contributed by atoms with E-state index in [9.17, 15) is 0 Å². The molecule has 3 aromatic heterocycles. The number of hydrogen-bond donors (Lipinski definition) is 0. The van der Waals surface area contributed by atoms with Crippen molar-refractivity contribution in [1.29, 1.82) is 0 Å². The van der Waals surface area contributed by atoms with E-state index in [4.69, 9.17) is 0 Å². The molecule has 0 spiro atoms. The fourth-order valence-corrected chi connectivity index (χ4v) is 3.92. The summed E-state index contributed by atoms with van der Waals surface area (Å²) >= 11 is 7.26. The van der Waals surface area contributed by atoms with Gasteiger partial charge in [-0.3, -0.25) is 7.19 Å². The van der Waals surface area contributed by atoms with Crippen LogP contribution in [0.5, 0.6) is 0 Å². The first-order valence-corrected chi connectivity index (χ1v) is 9.50. The van der Waals surface area contributed by atoms with Crippen LogP contribution in [-0.2, 0) is 0 Å². The molecule has 0 atom stereocenters. The van der Waals surface area contributed by atoms with E-state index in [1.165, 1.54) is 0 Å². The lowest BCUT2D eigenvalue weighted by Gasteiger charge is -1.94. The Kier molecular flexibility index (Phi) is 3.69. The molecule has 6 heteroatoms. The third-order valence-electron chi connectivity index (χ3n) is 4.31. The fourth-order valence-electron chi connectivity index (χ4n) is 3.04. The lowest BCUT2D eigenvalue weighted by Crippen LogP contribution is -1.81. The summed E-state index contributed by atoms with van der Waals surface area (Å²) in [6, 6.07) is 16.4. The van der Waals surface area contributed by atoms with Crippen molar-refractivity contribution in [3.05, 3.63) is 71.3 Å². The van der Waals surface area contributed by atoms with Gasteiger partial charge in [0.15, 0.2) is 0 Å². The summed E-state index contributed by atoms with van der Waals surface area (Å²) in [4.78, 5) is 9.38. The average Bonchev–Trinajstić information content (AvgIpc) is 3.39. The molecule has 0 fully saturated rings. The molecule has 4 nitrogen and oxygen atoms in total. The number of aromatic nitrogens is 4. The fraction of sp³-hybridized carbons (Fsp3) is 0. The van der Waals surface area contributed by atoms with Crippen LogP contribution in [-0.4, -0.2) is 17.2 Å². The van der Waals surface area contributed by atoms with Crippen molar-refractivity contribution in [2.24, 2.45) is 0 Å². The number of fused-ring (bicyclic) bond motifs is 8. The van der Waals surface area contributed by atoms with E-state index in [-0.39, 0.29) is 0 Å². The summed E-state index contributed by atoms with van der Waals surface area (Å²) in [6.07, 6.45) is 8.08. The van der Waals surface area contributed by atoms with Gasteiger partial charge in [0, 0.05) is 0 Å². The Hall–Kier alpha value is -2.44. The Morgan fingerprint density at radius 2 is 0.769 bits per heavy atom. The Balaban J connectivity index is 1.91. The van der Waals surface area contributed by atoms with Crippen LogP contribution in [0.25, 0.3) is 46.4 Å². The molecule has 0 amide bonds. The van der Waals surface area contributed by atoms with Crippen LogP contribution in [0.3, 0.4) is 0 Å². The molecule has 2 aliphatic heterocycles. The molecule has 126 valence electrons. The van der Waals surface area contributed by atoms with E-state index in [2.05, 4.69) is 66.5 Å². The first kappa shape index (κ1) is 15.8. The maximum atomic E-state index is 4.69. The van der Waals surface area contributed by atoms with Crippen molar-refractivity contribution in [3.8, 4) is 0 Å². The largest absolute Gasteiger partial charge is 0.277 e. The molecule has 0 radical (unpaired) electrons. The predicted molar refractivity (Wildman–Crippen MR) is 115 cm³/mol. The predicted octanol–water partition coefficient (Wildman–Crippen LogP) is 5.92. The van der Waals surface area contributed by atoms with Gasteiger partial charge in [0.2, 0.25) is 0 Å². The SMILES string of the molecule is Brn1c2ccc1cc1nc(cc3ccc(cc4nc(c2)C=C4)n3Br)C=C1. The van der Waals surface area contributed by atoms with E-state index in [1.807, 2.05) is 55.8 Å². The summed E-state index contributed by atoms with van der Waals surface area (Å²) in [7, 11) is 0. The Morgan fingerprint density at radius 1 is 0.500 bits per heavy atom. The molecular formula is C20H12Br2N4. The number of hydrogen-bond acceptors (Lipinski definition) is 2. The normalized spacial score (nSPS) is 12.7. The van der Waals surface area contributed by atoms with Crippen molar-refractivity contribution in [2.45, 2.75) is 0 Å². The highest BCUT2D eigenvalue weighted by Gasteiger charge is 2.04. The Bertz CT molecular complexity index is 1080. The van der Waals surface area contributed by atoms with E-state index in [0.717, 1.165) is 44.8 Å². The second kappa shape index (κ2) is 6.07. The molecule has 0 aliphatic carbocycles. The van der Waals surface area contributed by atoms with Crippen molar-refractivity contribution >= 4 is 78.7 Å². The smallest absolute Gasteiger partial charge is 0.0658 e. The zero-order valence-corrected chi connectivity index (χ0v) is 16.6. The van der Waals surface area contributed by atoms with Gasteiger partial charge in [-0.05, 0) is 72.8 Å². The van der Waals surface area contributed by atoms with Crippen molar-refractivity contribution in [2.75, 3.05) is 0 Å². The van der Waals surface area contributed by atoms with Gasteiger partial charge in [-0.1, -0.05) is 0 Å². The highest BCUT2D eigenvalue weighted by molar-refractivity contribution is 9.08. The summed E-state index contributed by atoms with van der Waals surface area (Å²) < 4.78 is 3.92. The summed E-state index contributed by atoms with van der Waals surface area (Å²) in [5.41, 5.74) is 7.78. The van der Waals surface area contributed by atoms with Crippen LogP contribution < -0.4 is 0 Å². The van der Waals surface area contributed by atoms with Crippen molar-refractivity contribution in [1.82, 2.24) is 17.2 Å². The molecular weight excluding hydrogens is 456 g/mol. The molecule has 0 saturated heterocycles. The third-order valence-corrected chi connectivity index (χ3v) is 5.94. The molecule has 3 aromatic rings. The molecule has 8 bridgehead atoms. The summed E-state index contributed by atoms with van der Waals surface area (Å²) in [5, 5.41) is 0. The van der Waals surface area contributed by atoms with Gasteiger partial charge >= 0.3 is 0 Å². The topological polar surface area (TPSA) is 35.6 Å². The average molecular weight is 468 g/mol. The maximum absolute atomic E-state index is 4.69. The zero-order chi connectivity index (χ0) is 17.7. The van der Waals surface area contributed by atoms with Crippen molar-refractivity contribution in [3.63, 3.8) is 0 Å². The van der Waals surface area contributed by atoms with Gasteiger partial charge in [0.25, 0.3) is 0 Å². The van der Waals surface area contributed by atoms with Crippen molar-refractivity contribution < 1.29 is 0 Å². The minimum Gasteiger partial charge on any atom is -0.277 e. The lowest BCUT2D eigenvalue weighted by atomic mass is 10.3. The second-order valence-electron chi connectivity index (χ2n) is 6.09.